The highest BCUT2D eigenvalue weighted by molar-refractivity contribution is 5.94. The summed E-state index contributed by atoms with van der Waals surface area (Å²) in [5.74, 6) is -1.07. The minimum Gasteiger partial charge on any atom is -0.478 e. The van der Waals surface area contributed by atoms with Crippen LogP contribution in [-0.2, 0) is 17.6 Å². The lowest BCUT2D eigenvalue weighted by Crippen LogP contribution is -2.26. The number of amides is 2. The van der Waals surface area contributed by atoms with Crippen molar-refractivity contribution in [1.29, 1.82) is 0 Å². The highest BCUT2D eigenvalue weighted by Gasteiger charge is 2.08. The van der Waals surface area contributed by atoms with Crippen molar-refractivity contribution in [1.82, 2.24) is 10.2 Å². The van der Waals surface area contributed by atoms with E-state index in [0.717, 1.165) is 11.1 Å². The van der Waals surface area contributed by atoms with Gasteiger partial charge in [0.05, 0.1) is 5.56 Å². The third kappa shape index (κ3) is 6.26. The lowest BCUT2D eigenvalue weighted by molar-refractivity contribution is -0.121. The Labute approximate surface area is 158 Å². The average molecular weight is 368 g/mol. The molecule has 2 amide bonds. The van der Waals surface area contributed by atoms with Crippen LogP contribution in [0, 0.1) is 0 Å². The monoisotopic (exact) mass is 368 g/mol. The van der Waals surface area contributed by atoms with Crippen molar-refractivity contribution in [3.8, 4) is 0 Å². The first-order valence-corrected chi connectivity index (χ1v) is 8.76. The fourth-order valence-corrected chi connectivity index (χ4v) is 2.62. The molecule has 0 heterocycles. The number of carbonyl (C=O) groups is 3. The molecule has 142 valence electrons. The highest BCUT2D eigenvalue weighted by Crippen LogP contribution is 2.09. The van der Waals surface area contributed by atoms with Gasteiger partial charge in [-0.1, -0.05) is 24.3 Å². The van der Waals surface area contributed by atoms with Gasteiger partial charge in [-0.05, 0) is 48.2 Å². The Morgan fingerprint density at radius 3 is 2.26 bits per heavy atom. The lowest BCUT2D eigenvalue weighted by Gasteiger charge is -2.11. The van der Waals surface area contributed by atoms with E-state index >= 15 is 0 Å². The number of carboxylic acid groups (broad SMARTS) is 1. The molecule has 2 N–H and O–H groups in total. The molecule has 2 aromatic rings. The van der Waals surface area contributed by atoms with E-state index in [1.54, 1.807) is 32.3 Å². The number of aryl methyl sites for hydroxylation is 1. The number of hydrogen-bond donors (Lipinski definition) is 2. The van der Waals surface area contributed by atoms with Crippen molar-refractivity contribution < 1.29 is 19.5 Å². The Hall–Kier alpha value is -3.15. The van der Waals surface area contributed by atoms with E-state index in [-0.39, 0.29) is 17.4 Å². The van der Waals surface area contributed by atoms with Crippen molar-refractivity contribution in [3.05, 3.63) is 70.8 Å². The van der Waals surface area contributed by atoms with Gasteiger partial charge in [0, 0.05) is 32.6 Å². The first kappa shape index (κ1) is 20.2. The molecular formula is C21H24N2O4. The summed E-state index contributed by atoms with van der Waals surface area (Å²) in [7, 11) is 3.43. The summed E-state index contributed by atoms with van der Waals surface area (Å²) in [6, 6.07) is 13.9. The number of benzene rings is 2. The summed E-state index contributed by atoms with van der Waals surface area (Å²) in [6.07, 6.45) is 1.54. The molecule has 0 saturated carbocycles. The van der Waals surface area contributed by atoms with Gasteiger partial charge in [-0.25, -0.2) is 4.79 Å². The standard InChI is InChI=1S/C21H24N2O4/c1-23(2)20(25)18-5-3-4-16(14-18)12-13-22-19(24)11-8-15-6-9-17(10-7-15)21(26)27/h3-7,9-10,14H,8,11-13H2,1-2H3,(H,22,24)(H,26,27). The van der Waals surface area contributed by atoms with Crippen LogP contribution >= 0.6 is 0 Å². The van der Waals surface area contributed by atoms with Gasteiger partial charge in [0.2, 0.25) is 5.91 Å². The van der Waals surface area contributed by atoms with E-state index in [4.69, 9.17) is 5.11 Å². The summed E-state index contributed by atoms with van der Waals surface area (Å²) < 4.78 is 0. The molecule has 0 radical (unpaired) electrons. The van der Waals surface area contributed by atoms with Crippen LogP contribution in [-0.4, -0.2) is 48.4 Å². The predicted molar refractivity (Wildman–Crippen MR) is 103 cm³/mol. The molecule has 0 aliphatic carbocycles. The van der Waals surface area contributed by atoms with E-state index < -0.39 is 5.97 Å². The fraction of sp³-hybridized carbons (Fsp3) is 0.286. The van der Waals surface area contributed by atoms with E-state index in [2.05, 4.69) is 5.32 Å². The summed E-state index contributed by atoms with van der Waals surface area (Å²) in [6.45, 7) is 0.496. The predicted octanol–water partition coefficient (Wildman–Crippen LogP) is 2.38. The molecule has 2 rings (SSSR count). The van der Waals surface area contributed by atoms with Crippen molar-refractivity contribution >= 4 is 17.8 Å². The number of nitrogens with one attached hydrogen (secondary N) is 1. The van der Waals surface area contributed by atoms with Crippen LogP contribution in [0.2, 0.25) is 0 Å². The second kappa shape index (κ2) is 9.52. The van der Waals surface area contributed by atoms with Crippen molar-refractivity contribution in [3.63, 3.8) is 0 Å². The lowest BCUT2D eigenvalue weighted by atomic mass is 10.1. The van der Waals surface area contributed by atoms with Crippen LogP contribution in [0.25, 0.3) is 0 Å². The molecule has 6 nitrogen and oxygen atoms in total. The van der Waals surface area contributed by atoms with E-state index in [1.807, 2.05) is 18.2 Å². The number of carboxylic acids is 1. The molecule has 0 aromatic heterocycles. The molecule has 0 saturated heterocycles. The maximum Gasteiger partial charge on any atom is 0.335 e. The van der Waals surface area contributed by atoms with Crippen molar-refractivity contribution in [2.75, 3.05) is 20.6 Å². The first-order chi connectivity index (χ1) is 12.9. The molecule has 0 spiro atoms. The summed E-state index contributed by atoms with van der Waals surface area (Å²) in [4.78, 5) is 36.3. The number of rotatable bonds is 8. The minimum atomic E-state index is -0.962. The highest BCUT2D eigenvalue weighted by atomic mass is 16.4. The number of hydrogen-bond acceptors (Lipinski definition) is 3. The third-order valence-electron chi connectivity index (χ3n) is 4.16. The van der Waals surface area contributed by atoms with Gasteiger partial charge >= 0.3 is 5.97 Å². The van der Waals surface area contributed by atoms with Crippen molar-refractivity contribution in [2.24, 2.45) is 0 Å². The minimum absolute atomic E-state index is 0.0465. The first-order valence-electron chi connectivity index (χ1n) is 8.76. The second-order valence-electron chi connectivity index (χ2n) is 6.50. The van der Waals surface area contributed by atoms with Gasteiger partial charge in [0.25, 0.3) is 5.91 Å². The number of carbonyl (C=O) groups excluding carboxylic acids is 2. The normalized spacial score (nSPS) is 10.3. The van der Waals surface area contributed by atoms with Gasteiger partial charge in [-0.2, -0.15) is 0 Å². The summed E-state index contributed by atoms with van der Waals surface area (Å²) in [5, 5.41) is 11.7. The molecule has 0 fully saturated rings. The average Bonchev–Trinajstić information content (AvgIpc) is 2.66. The molecule has 0 aliphatic heterocycles. The number of aromatic carboxylic acids is 1. The van der Waals surface area contributed by atoms with Gasteiger partial charge in [0.15, 0.2) is 0 Å². The smallest absolute Gasteiger partial charge is 0.335 e. The Kier molecular flexibility index (Phi) is 7.11. The zero-order valence-corrected chi connectivity index (χ0v) is 15.6. The van der Waals surface area contributed by atoms with Crippen LogP contribution < -0.4 is 5.32 Å². The Bertz CT molecular complexity index is 813. The maximum absolute atomic E-state index is 12.0. The second-order valence-corrected chi connectivity index (χ2v) is 6.50. The van der Waals surface area contributed by atoms with Crippen LogP contribution in [0.3, 0.4) is 0 Å². The molecule has 2 aromatic carbocycles. The largest absolute Gasteiger partial charge is 0.478 e. The van der Waals surface area contributed by atoms with Crippen LogP contribution in [0.1, 0.15) is 38.3 Å². The molecule has 6 heteroatoms. The van der Waals surface area contributed by atoms with Crippen LogP contribution in [0.4, 0.5) is 0 Å². The van der Waals surface area contributed by atoms with Crippen LogP contribution in [0.5, 0.6) is 0 Å². The van der Waals surface area contributed by atoms with Crippen LogP contribution in [0.15, 0.2) is 48.5 Å². The van der Waals surface area contributed by atoms with Gasteiger partial charge in [0.1, 0.15) is 0 Å². The Balaban J connectivity index is 1.77. The van der Waals surface area contributed by atoms with E-state index in [1.165, 1.54) is 17.0 Å². The zero-order chi connectivity index (χ0) is 19.8. The molecule has 0 unspecified atom stereocenters. The molecule has 27 heavy (non-hydrogen) atoms. The number of nitrogens with zero attached hydrogens (tertiary/aromatic N) is 1. The zero-order valence-electron chi connectivity index (χ0n) is 15.6. The van der Waals surface area contributed by atoms with E-state index in [9.17, 15) is 14.4 Å². The van der Waals surface area contributed by atoms with Gasteiger partial charge in [-0.15, -0.1) is 0 Å². The molecule has 0 aliphatic rings. The van der Waals surface area contributed by atoms with E-state index in [0.29, 0.717) is 31.4 Å². The quantitative estimate of drug-likeness (QED) is 0.749. The maximum atomic E-state index is 12.0. The molecule has 0 atom stereocenters. The SMILES string of the molecule is CN(C)C(=O)c1cccc(CCNC(=O)CCc2ccc(C(=O)O)cc2)c1. The molecule has 0 bridgehead atoms. The summed E-state index contributed by atoms with van der Waals surface area (Å²) >= 11 is 0. The third-order valence-corrected chi connectivity index (χ3v) is 4.16. The topological polar surface area (TPSA) is 86.7 Å². The Morgan fingerprint density at radius 1 is 0.926 bits per heavy atom. The van der Waals surface area contributed by atoms with Crippen molar-refractivity contribution in [2.45, 2.75) is 19.3 Å². The van der Waals surface area contributed by atoms with Gasteiger partial charge in [-0.3, -0.25) is 9.59 Å². The molecular weight excluding hydrogens is 344 g/mol. The fourth-order valence-electron chi connectivity index (χ4n) is 2.62. The van der Waals surface area contributed by atoms with Gasteiger partial charge < -0.3 is 15.3 Å². The Morgan fingerprint density at radius 2 is 1.63 bits per heavy atom. The summed E-state index contributed by atoms with van der Waals surface area (Å²) in [5.41, 5.74) is 2.78.